The fourth-order valence-corrected chi connectivity index (χ4v) is 3.94. The lowest BCUT2D eigenvalue weighted by molar-refractivity contribution is 0.0321. The molecule has 1 saturated carbocycles. The van der Waals surface area contributed by atoms with Crippen LogP contribution in [0.1, 0.15) is 24.2 Å². The largest absolute Gasteiger partial charge is 0.476 e. The highest BCUT2D eigenvalue weighted by Crippen LogP contribution is 2.24. The van der Waals surface area contributed by atoms with E-state index in [4.69, 9.17) is 19.4 Å². The number of nitrogens with one attached hydrogen (secondary N) is 2. The third kappa shape index (κ3) is 5.54. The number of nitrogens with zero attached hydrogens (tertiary/aromatic N) is 3. The molecule has 1 saturated heterocycles. The summed E-state index contributed by atoms with van der Waals surface area (Å²) in [6, 6.07) is 17.2. The van der Waals surface area contributed by atoms with Crippen molar-refractivity contribution in [1.29, 1.82) is 0 Å². The second-order valence-corrected chi connectivity index (χ2v) is 8.43. The minimum Gasteiger partial charge on any atom is -0.476 e. The quantitative estimate of drug-likeness (QED) is 0.509. The molecule has 0 spiro atoms. The Balaban J connectivity index is 1.26. The number of hydrogen-bond acceptors (Lipinski definition) is 7. The predicted octanol–water partition coefficient (Wildman–Crippen LogP) is 3.20. The average Bonchev–Trinajstić information content (AvgIpc) is 3.67. The average molecular weight is 434 g/mol. The van der Waals surface area contributed by atoms with Crippen LogP contribution < -0.4 is 15.4 Å². The third-order valence-electron chi connectivity index (χ3n) is 5.98. The molecule has 7 heteroatoms. The van der Waals surface area contributed by atoms with Gasteiger partial charge >= 0.3 is 0 Å². The first-order chi connectivity index (χ1) is 15.8. The van der Waals surface area contributed by atoms with Gasteiger partial charge in [0.1, 0.15) is 6.61 Å². The van der Waals surface area contributed by atoms with E-state index in [1.807, 2.05) is 24.3 Å². The first-order valence-electron chi connectivity index (χ1n) is 11.6. The molecule has 2 heterocycles. The van der Waals surface area contributed by atoms with Crippen molar-refractivity contribution in [3.8, 4) is 5.88 Å². The number of aromatic nitrogens is 2. The number of morpholine rings is 1. The minimum absolute atomic E-state index is 0.547. The molecule has 32 heavy (non-hydrogen) atoms. The first-order valence-corrected chi connectivity index (χ1v) is 11.6. The Morgan fingerprint density at radius 2 is 1.78 bits per heavy atom. The van der Waals surface area contributed by atoms with Gasteiger partial charge in [0.15, 0.2) is 5.82 Å². The van der Waals surface area contributed by atoms with Crippen molar-refractivity contribution in [2.24, 2.45) is 0 Å². The van der Waals surface area contributed by atoms with Crippen LogP contribution in [-0.2, 0) is 17.8 Å². The van der Waals surface area contributed by atoms with Crippen molar-refractivity contribution in [2.75, 3.05) is 44.8 Å². The maximum absolute atomic E-state index is 6.14. The highest BCUT2D eigenvalue weighted by molar-refractivity contribution is 5.83. The van der Waals surface area contributed by atoms with Crippen LogP contribution in [0.15, 0.2) is 48.5 Å². The lowest BCUT2D eigenvalue weighted by Gasteiger charge is -2.26. The van der Waals surface area contributed by atoms with Crippen molar-refractivity contribution in [3.63, 3.8) is 0 Å². The lowest BCUT2D eigenvalue weighted by Crippen LogP contribution is -2.38. The van der Waals surface area contributed by atoms with Gasteiger partial charge in [-0.15, -0.1) is 0 Å². The van der Waals surface area contributed by atoms with Gasteiger partial charge in [-0.25, -0.2) is 4.98 Å². The summed E-state index contributed by atoms with van der Waals surface area (Å²) in [5, 5.41) is 8.07. The normalized spacial score (nSPS) is 16.9. The van der Waals surface area contributed by atoms with Gasteiger partial charge in [0, 0.05) is 37.9 Å². The van der Waals surface area contributed by atoms with E-state index in [9.17, 15) is 0 Å². The van der Waals surface area contributed by atoms with Gasteiger partial charge in [-0.1, -0.05) is 30.3 Å². The van der Waals surface area contributed by atoms with E-state index in [1.165, 1.54) is 18.4 Å². The van der Waals surface area contributed by atoms with Crippen molar-refractivity contribution < 1.29 is 9.47 Å². The van der Waals surface area contributed by atoms with Gasteiger partial charge in [-0.3, -0.25) is 4.90 Å². The van der Waals surface area contributed by atoms with E-state index in [1.54, 1.807) is 0 Å². The van der Waals surface area contributed by atoms with Gasteiger partial charge in [0.2, 0.25) is 5.88 Å². The molecule has 1 aliphatic carbocycles. The number of rotatable bonds is 10. The van der Waals surface area contributed by atoms with Crippen LogP contribution in [0, 0.1) is 0 Å². The van der Waals surface area contributed by atoms with Crippen LogP contribution in [-0.4, -0.2) is 60.4 Å². The number of benzene rings is 2. The van der Waals surface area contributed by atoms with E-state index in [2.05, 4.69) is 39.8 Å². The molecule has 7 nitrogen and oxygen atoms in total. The Hall–Kier alpha value is -2.74. The summed E-state index contributed by atoms with van der Waals surface area (Å²) in [6.45, 7) is 6.40. The maximum Gasteiger partial charge on any atom is 0.224 e. The number of hydrogen-bond donors (Lipinski definition) is 2. The van der Waals surface area contributed by atoms with Crippen LogP contribution in [0.2, 0.25) is 0 Å². The molecule has 0 unspecified atom stereocenters. The Labute approximate surface area is 189 Å². The summed E-state index contributed by atoms with van der Waals surface area (Å²) in [5.41, 5.74) is 3.29. The zero-order chi connectivity index (χ0) is 21.6. The molecule has 2 aromatic carbocycles. The van der Waals surface area contributed by atoms with Gasteiger partial charge < -0.3 is 20.1 Å². The van der Waals surface area contributed by atoms with Crippen LogP contribution in [0.4, 0.5) is 5.69 Å². The van der Waals surface area contributed by atoms with Crippen molar-refractivity contribution in [1.82, 2.24) is 20.2 Å². The van der Waals surface area contributed by atoms with E-state index < -0.39 is 0 Å². The number of ether oxygens (including phenoxy) is 2. The van der Waals surface area contributed by atoms with E-state index >= 15 is 0 Å². The third-order valence-corrected chi connectivity index (χ3v) is 5.98. The van der Waals surface area contributed by atoms with Gasteiger partial charge in [-0.2, -0.15) is 4.98 Å². The van der Waals surface area contributed by atoms with Gasteiger partial charge in [-0.05, 0) is 36.6 Å². The molecule has 1 aromatic heterocycles. The monoisotopic (exact) mass is 433 g/mol. The molecule has 1 aliphatic heterocycles. The SMILES string of the molecule is c1ccc(NCc2nc(OCCN3CCOCC3)c3ccccc3n2)c(CNC2CC2)c1. The molecule has 168 valence electrons. The van der Waals surface area contributed by atoms with Crippen LogP contribution in [0.3, 0.4) is 0 Å². The van der Waals surface area contributed by atoms with Crippen LogP contribution in [0.5, 0.6) is 5.88 Å². The Bertz CT molecular complexity index is 1030. The van der Waals surface area contributed by atoms with Crippen LogP contribution in [0.25, 0.3) is 10.9 Å². The molecule has 2 aliphatic rings. The summed E-state index contributed by atoms with van der Waals surface area (Å²) < 4.78 is 11.6. The second-order valence-electron chi connectivity index (χ2n) is 8.43. The Morgan fingerprint density at radius 1 is 0.969 bits per heavy atom. The maximum atomic E-state index is 6.14. The van der Waals surface area contributed by atoms with Crippen molar-refractivity contribution >= 4 is 16.6 Å². The topological polar surface area (TPSA) is 71.5 Å². The number of para-hydroxylation sites is 2. The molecule has 2 N–H and O–H groups in total. The molecular weight excluding hydrogens is 402 g/mol. The summed E-state index contributed by atoms with van der Waals surface area (Å²) in [7, 11) is 0. The molecule has 0 bridgehead atoms. The minimum atomic E-state index is 0.547. The smallest absolute Gasteiger partial charge is 0.224 e. The molecule has 0 atom stereocenters. The standard InChI is InChI=1S/C25H31N5O2/c1-3-7-22(19(5-1)17-26-20-9-10-20)27-18-24-28-23-8-4-2-6-21(23)25(29-24)32-16-13-30-11-14-31-15-12-30/h1-8,20,26-27H,9-18H2. The first kappa shape index (κ1) is 21.1. The fourth-order valence-electron chi connectivity index (χ4n) is 3.94. The highest BCUT2D eigenvalue weighted by atomic mass is 16.5. The zero-order valence-corrected chi connectivity index (χ0v) is 18.4. The predicted molar refractivity (Wildman–Crippen MR) is 126 cm³/mol. The molecule has 2 fully saturated rings. The van der Waals surface area contributed by atoms with Gasteiger partial charge in [0.05, 0.1) is 30.7 Å². The molecule has 0 amide bonds. The zero-order valence-electron chi connectivity index (χ0n) is 18.4. The summed E-state index contributed by atoms with van der Waals surface area (Å²) in [5.74, 6) is 1.39. The molecule has 5 rings (SSSR count). The van der Waals surface area contributed by atoms with E-state index in [0.29, 0.717) is 25.1 Å². The molecule has 0 radical (unpaired) electrons. The molecule has 3 aromatic rings. The lowest BCUT2D eigenvalue weighted by atomic mass is 10.1. The number of anilines is 1. The Kier molecular flexibility index (Phi) is 6.77. The Morgan fingerprint density at radius 3 is 2.66 bits per heavy atom. The molecular formula is C25H31N5O2. The second kappa shape index (κ2) is 10.3. The van der Waals surface area contributed by atoms with E-state index in [-0.39, 0.29) is 0 Å². The van der Waals surface area contributed by atoms with E-state index in [0.717, 1.165) is 61.8 Å². The van der Waals surface area contributed by atoms with Crippen molar-refractivity contribution in [2.45, 2.75) is 32.0 Å². The highest BCUT2D eigenvalue weighted by Gasteiger charge is 2.20. The summed E-state index contributed by atoms with van der Waals surface area (Å²) in [6.07, 6.45) is 2.57. The van der Waals surface area contributed by atoms with Crippen molar-refractivity contribution in [3.05, 3.63) is 59.9 Å². The summed E-state index contributed by atoms with van der Waals surface area (Å²) >= 11 is 0. The van der Waals surface area contributed by atoms with Crippen LogP contribution >= 0.6 is 0 Å². The van der Waals surface area contributed by atoms with Gasteiger partial charge in [0.25, 0.3) is 0 Å². The number of fused-ring (bicyclic) bond motifs is 1. The summed E-state index contributed by atoms with van der Waals surface area (Å²) in [4.78, 5) is 11.9. The fraction of sp³-hybridized carbons (Fsp3) is 0.440.